The number of nitrogens with one attached hydrogen (secondary N) is 1. The fourth-order valence-electron chi connectivity index (χ4n) is 3.15. The van der Waals surface area contributed by atoms with Gasteiger partial charge in [0.1, 0.15) is 17.4 Å². The molecule has 0 radical (unpaired) electrons. The molecule has 1 amide bonds. The Morgan fingerprint density at radius 3 is 2.33 bits per heavy atom. The molecule has 0 saturated carbocycles. The van der Waals surface area contributed by atoms with Crippen LogP contribution in [0.3, 0.4) is 0 Å². The van der Waals surface area contributed by atoms with E-state index in [4.69, 9.17) is 4.74 Å². The van der Waals surface area contributed by atoms with E-state index in [9.17, 15) is 10.1 Å². The van der Waals surface area contributed by atoms with Crippen molar-refractivity contribution in [3.05, 3.63) is 76.9 Å². The van der Waals surface area contributed by atoms with Crippen LogP contribution in [0.2, 0.25) is 0 Å². The second-order valence-electron chi connectivity index (χ2n) is 6.40. The number of nitriles is 1. The van der Waals surface area contributed by atoms with E-state index in [1.807, 2.05) is 74.5 Å². The maximum Gasteiger partial charge on any atom is 0.266 e. The minimum absolute atomic E-state index is 0.0458. The number of anilines is 1. The summed E-state index contributed by atoms with van der Waals surface area (Å²) < 4.78 is 5.40. The summed E-state index contributed by atoms with van der Waals surface area (Å²) in [7, 11) is 1.62. The van der Waals surface area contributed by atoms with Gasteiger partial charge in [-0.1, -0.05) is 36.4 Å². The first-order chi connectivity index (χ1) is 13.0. The molecule has 0 bridgehead atoms. The Morgan fingerprint density at radius 1 is 1.04 bits per heavy atom. The molecule has 134 valence electrons. The van der Waals surface area contributed by atoms with Gasteiger partial charge in [0.15, 0.2) is 0 Å². The van der Waals surface area contributed by atoms with Crippen LogP contribution in [0.1, 0.15) is 16.7 Å². The smallest absolute Gasteiger partial charge is 0.266 e. The number of methoxy groups -OCH3 is 1. The zero-order valence-corrected chi connectivity index (χ0v) is 15.5. The van der Waals surface area contributed by atoms with E-state index in [1.165, 1.54) is 0 Å². The predicted octanol–water partition coefficient (Wildman–Crippen LogP) is 5.01. The van der Waals surface area contributed by atoms with Gasteiger partial charge in [-0.25, -0.2) is 0 Å². The number of aryl methyl sites for hydroxylation is 2. The molecule has 0 spiro atoms. The van der Waals surface area contributed by atoms with Gasteiger partial charge in [0.2, 0.25) is 0 Å². The van der Waals surface area contributed by atoms with Crippen LogP contribution in [0.4, 0.5) is 5.69 Å². The molecule has 0 aliphatic rings. The summed E-state index contributed by atoms with van der Waals surface area (Å²) in [4.78, 5) is 12.6. The number of carbonyl (C=O) groups excluding carboxylic acids is 1. The number of amides is 1. The number of hydrogen-bond donors (Lipinski definition) is 1. The minimum Gasteiger partial charge on any atom is -0.496 e. The molecule has 3 aromatic carbocycles. The fourth-order valence-corrected chi connectivity index (χ4v) is 3.15. The number of carbonyl (C=O) groups is 1. The van der Waals surface area contributed by atoms with Crippen LogP contribution < -0.4 is 10.1 Å². The summed E-state index contributed by atoms with van der Waals surface area (Å²) in [5.74, 6) is 0.323. The highest BCUT2D eigenvalue weighted by atomic mass is 16.5. The lowest BCUT2D eigenvalue weighted by atomic mass is 10.0. The van der Waals surface area contributed by atoms with Crippen LogP contribution in [0.25, 0.3) is 16.8 Å². The Balaban J connectivity index is 1.98. The Kier molecular flexibility index (Phi) is 5.23. The molecule has 27 heavy (non-hydrogen) atoms. The average Bonchev–Trinajstić information content (AvgIpc) is 2.65. The van der Waals surface area contributed by atoms with E-state index in [0.717, 1.165) is 33.2 Å². The van der Waals surface area contributed by atoms with E-state index in [-0.39, 0.29) is 5.57 Å². The third-order valence-corrected chi connectivity index (χ3v) is 4.28. The van der Waals surface area contributed by atoms with Crippen LogP contribution in [-0.2, 0) is 4.79 Å². The molecular formula is C23H20N2O2. The van der Waals surface area contributed by atoms with E-state index in [1.54, 1.807) is 13.2 Å². The van der Waals surface area contributed by atoms with Crippen LogP contribution in [0.5, 0.6) is 5.75 Å². The van der Waals surface area contributed by atoms with Crippen LogP contribution in [0.15, 0.2) is 60.2 Å². The number of rotatable bonds is 4. The van der Waals surface area contributed by atoms with Crippen molar-refractivity contribution in [3.63, 3.8) is 0 Å². The number of ether oxygens (including phenoxy) is 1. The highest BCUT2D eigenvalue weighted by Crippen LogP contribution is 2.29. The quantitative estimate of drug-likeness (QED) is 0.528. The molecule has 0 fully saturated rings. The molecule has 3 aromatic rings. The standard InChI is InChI=1S/C23H20N2O2/c1-15-10-16(2)12-19(11-15)25-23(26)18(14-24)13-17-8-9-22(27-3)21-7-5-4-6-20(17)21/h4-13H,1-3H3,(H,25,26). The molecular weight excluding hydrogens is 336 g/mol. The molecule has 0 saturated heterocycles. The highest BCUT2D eigenvalue weighted by molar-refractivity contribution is 6.11. The average molecular weight is 356 g/mol. The summed E-state index contributed by atoms with van der Waals surface area (Å²) in [6.45, 7) is 3.93. The van der Waals surface area contributed by atoms with Crippen molar-refractivity contribution >= 4 is 28.4 Å². The van der Waals surface area contributed by atoms with E-state index in [2.05, 4.69) is 5.32 Å². The topological polar surface area (TPSA) is 62.1 Å². The predicted molar refractivity (Wildman–Crippen MR) is 109 cm³/mol. The molecule has 0 aromatic heterocycles. The molecule has 1 N–H and O–H groups in total. The van der Waals surface area contributed by atoms with Gasteiger partial charge in [0.05, 0.1) is 7.11 Å². The van der Waals surface area contributed by atoms with Crippen molar-refractivity contribution in [1.82, 2.24) is 0 Å². The summed E-state index contributed by atoms with van der Waals surface area (Å²) in [6, 6.07) is 19.2. The van der Waals surface area contributed by atoms with Crippen molar-refractivity contribution in [2.45, 2.75) is 13.8 Å². The first-order valence-corrected chi connectivity index (χ1v) is 8.59. The SMILES string of the molecule is COc1ccc(C=C(C#N)C(=O)Nc2cc(C)cc(C)c2)c2ccccc12. The van der Waals surface area contributed by atoms with Gasteiger partial charge in [-0.15, -0.1) is 0 Å². The van der Waals surface area contributed by atoms with Gasteiger partial charge in [0.25, 0.3) is 5.91 Å². The second kappa shape index (κ2) is 7.76. The number of fused-ring (bicyclic) bond motifs is 1. The Bertz CT molecular complexity index is 1070. The summed E-state index contributed by atoms with van der Waals surface area (Å²) in [5, 5.41) is 14.2. The Hall–Kier alpha value is -3.58. The van der Waals surface area contributed by atoms with E-state index < -0.39 is 5.91 Å². The Morgan fingerprint density at radius 2 is 1.70 bits per heavy atom. The van der Waals surface area contributed by atoms with Crippen molar-refractivity contribution < 1.29 is 9.53 Å². The van der Waals surface area contributed by atoms with Gasteiger partial charge < -0.3 is 10.1 Å². The molecule has 3 rings (SSSR count). The third kappa shape index (κ3) is 3.99. The summed E-state index contributed by atoms with van der Waals surface area (Å²) in [5.41, 5.74) is 3.61. The molecule has 0 aliphatic carbocycles. The zero-order chi connectivity index (χ0) is 19.4. The van der Waals surface area contributed by atoms with Crippen molar-refractivity contribution in [1.29, 1.82) is 5.26 Å². The first kappa shape index (κ1) is 18.2. The highest BCUT2D eigenvalue weighted by Gasteiger charge is 2.12. The van der Waals surface area contributed by atoms with Crippen LogP contribution in [-0.4, -0.2) is 13.0 Å². The summed E-state index contributed by atoms with van der Waals surface area (Å²) in [6.07, 6.45) is 1.61. The number of benzene rings is 3. The monoisotopic (exact) mass is 356 g/mol. The second-order valence-corrected chi connectivity index (χ2v) is 6.40. The van der Waals surface area contributed by atoms with E-state index in [0.29, 0.717) is 5.69 Å². The van der Waals surface area contributed by atoms with Gasteiger partial charge >= 0.3 is 0 Å². The molecule has 0 heterocycles. The largest absolute Gasteiger partial charge is 0.496 e. The van der Waals surface area contributed by atoms with Gasteiger partial charge in [-0.05, 0) is 60.2 Å². The van der Waals surface area contributed by atoms with Gasteiger partial charge in [-0.3, -0.25) is 4.79 Å². The Labute approximate surface area is 158 Å². The molecule has 0 aliphatic heterocycles. The first-order valence-electron chi connectivity index (χ1n) is 8.59. The third-order valence-electron chi connectivity index (χ3n) is 4.28. The minimum atomic E-state index is -0.428. The maximum atomic E-state index is 12.6. The molecule has 0 unspecified atom stereocenters. The lowest BCUT2D eigenvalue weighted by Crippen LogP contribution is -2.13. The molecule has 0 atom stereocenters. The maximum absolute atomic E-state index is 12.6. The zero-order valence-electron chi connectivity index (χ0n) is 15.5. The van der Waals surface area contributed by atoms with Gasteiger partial charge in [-0.2, -0.15) is 5.26 Å². The van der Waals surface area contributed by atoms with Crippen LogP contribution in [0, 0.1) is 25.2 Å². The number of hydrogen-bond acceptors (Lipinski definition) is 3. The van der Waals surface area contributed by atoms with Gasteiger partial charge in [0, 0.05) is 11.1 Å². The van der Waals surface area contributed by atoms with Crippen molar-refractivity contribution in [3.8, 4) is 11.8 Å². The van der Waals surface area contributed by atoms with Crippen molar-refractivity contribution in [2.75, 3.05) is 12.4 Å². The van der Waals surface area contributed by atoms with Crippen LogP contribution >= 0.6 is 0 Å². The molecule has 4 nitrogen and oxygen atoms in total. The lowest BCUT2D eigenvalue weighted by molar-refractivity contribution is -0.112. The van der Waals surface area contributed by atoms with Crippen molar-refractivity contribution in [2.24, 2.45) is 0 Å². The lowest BCUT2D eigenvalue weighted by Gasteiger charge is -2.09. The van der Waals surface area contributed by atoms with E-state index >= 15 is 0 Å². The fraction of sp³-hybridized carbons (Fsp3) is 0.130. The molecule has 4 heteroatoms. The normalized spacial score (nSPS) is 11.1. The summed E-state index contributed by atoms with van der Waals surface area (Å²) >= 11 is 0. The number of nitrogens with zero attached hydrogens (tertiary/aromatic N) is 1.